The highest BCUT2D eigenvalue weighted by atomic mass is 16.5. The number of fused-ring (bicyclic) bond motifs is 1. The molecule has 2 aromatic rings. The lowest BCUT2D eigenvalue weighted by molar-refractivity contribution is 0.0691. The predicted molar refractivity (Wildman–Crippen MR) is 79.9 cm³/mol. The number of aryl methyl sites for hydroxylation is 2. The average molecular weight is 291 g/mol. The Balaban J connectivity index is 2.53. The minimum absolute atomic E-state index is 0.123. The normalized spacial score (nSPS) is 11.0. The van der Waals surface area contributed by atoms with Gasteiger partial charge in [-0.15, -0.1) is 0 Å². The topological polar surface area (TPSA) is 77.2 Å². The van der Waals surface area contributed by atoms with Crippen molar-refractivity contribution >= 4 is 17.0 Å². The monoisotopic (exact) mass is 291 g/mol. The number of pyridine rings is 1. The fourth-order valence-electron chi connectivity index (χ4n) is 2.39. The minimum atomic E-state index is -1.02. The first-order valence-corrected chi connectivity index (χ1v) is 7.32. The van der Waals surface area contributed by atoms with Crippen molar-refractivity contribution in [3.8, 4) is 5.75 Å². The second-order valence-electron chi connectivity index (χ2n) is 4.95. The second-order valence-corrected chi connectivity index (χ2v) is 4.95. The highest BCUT2D eigenvalue weighted by Gasteiger charge is 2.22. The van der Waals surface area contributed by atoms with Gasteiger partial charge in [-0.25, -0.2) is 14.5 Å². The molecule has 114 valence electrons. The SMILES string of the molecule is CCCCCn1ncc2c(OCC)c(C(=O)O)c(C)nc21. The van der Waals surface area contributed by atoms with Crippen molar-refractivity contribution in [1.29, 1.82) is 0 Å². The van der Waals surface area contributed by atoms with Crippen LogP contribution in [0, 0.1) is 6.92 Å². The number of carbonyl (C=O) groups is 1. The van der Waals surface area contributed by atoms with Gasteiger partial charge in [0.2, 0.25) is 0 Å². The first-order valence-electron chi connectivity index (χ1n) is 7.32. The van der Waals surface area contributed by atoms with Crippen LogP contribution in [0.5, 0.6) is 5.75 Å². The summed E-state index contributed by atoms with van der Waals surface area (Å²) in [6, 6.07) is 0. The fourth-order valence-corrected chi connectivity index (χ4v) is 2.39. The van der Waals surface area contributed by atoms with Crippen LogP contribution in [0.4, 0.5) is 0 Å². The first-order chi connectivity index (χ1) is 10.1. The van der Waals surface area contributed by atoms with E-state index in [1.807, 2.05) is 11.6 Å². The van der Waals surface area contributed by atoms with Gasteiger partial charge in [0.1, 0.15) is 11.3 Å². The van der Waals surface area contributed by atoms with Crippen LogP contribution in [0.1, 0.15) is 49.2 Å². The molecule has 1 N–H and O–H groups in total. The Morgan fingerprint density at radius 2 is 2.14 bits per heavy atom. The maximum Gasteiger partial charge on any atom is 0.341 e. The number of ether oxygens (including phenoxy) is 1. The van der Waals surface area contributed by atoms with Gasteiger partial charge < -0.3 is 9.84 Å². The van der Waals surface area contributed by atoms with Crippen LogP contribution in [0.25, 0.3) is 11.0 Å². The second kappa shape index (κ2) is 6.56. The summed E-state index contributed by atoms with van der Waals surface area (Å²) in [6.07, 6.45) is 4.94. The number of hydrogen-bond acceptors (Lipinski definition) is 4. The number of nitrogens with zero attached hydrogens (tertiary/aromatic N) is 3. The Morgan fingerprint density at radius 1 is 1.38 bits per heavy atom. The van der Waals surface area contributed by atoms with E-state index in [9.17, 15) is 9.90 Å². The Bertz CT molecular complexity index is 649. The van der Waals surface area contributed by atoms with E-state index < -0.39 is 5.97 Å². The van der Waals surface area contributed by atoms with Crippen LogP contribution in [0.3, 0.4) is 0 Å². The van der Waals surface area contributed by atoms with E-state index in [0.29, 0.717) is 29.1 Å². The molecule has 6 heteroatoms. The van der Waals surface area contributed by atoms with Crippen LogP contribution in [-0.4, -0.2) is 32.4 Å². The number of carboxylic acids is 1. The van der Waals surface area contributed by atoms with Crippen LogP contribution in [0.15, 0.2) is 6.20 Å². The molecule has 0 spiro atoms. The molecule has 0 saturated carbocycles. The summed E-state index contributed by atoms with van der Waals surface area (Å²) < 4.78 is 7.38. The van der Waals surface area contributed by atoms with E-state index in [-0.39, 0.29) is 5.56 Å². The number of unbranched alkanes of at least 4 members (excludes halogenated alkanes) is 2. The largest absolute Gasteiger partial charge is 0.492 e. The van der Waals surface area contributed by atoms with E-state index >= 15 is 0 Å². The molecule has 0 aliphatic carbocycles. The van der Waals surface area contributed by atoms with E-state index in [1.54, 1.807) is 13.1 Å². The lowest BCUT2D eigenvalue weighted by Crippen LogP contribution is -2.09. The molecule has 0 aliphatic heterocycles. The van der Waals surface area contributed by atoms with Gasteiger partial charge in [0, 0.05) is 6.54 Å². The number of rotatable bonds is 7. The minimum Gasteiger partial charge on any atom is -0.492 e. The van der Waals surface area contributed by atoms with Crippen LogP contribution < -0.4 is 4.74 Å². The third kappa shape index (κ3) is 2.99. The Morgan fingerprint density at radius 3 is 2.76 bits per heavy atom. The summed E-state index contributed by atoms with van der Waals surface area (Å²) in [5.41, 5.74) is 1.27. The fraction of sp³-hybridized carbons (Fsp3) is 0.533. The zero-order valence-corrected chi connectivity index (χ0v) is 12.7. The summed E-state index contributed by atoms with van der Waals surface area (Å²) in [4.78, 5) is 15.8. The maximum atomic E-state index is 11.4. The molecule has 6 nitrogen and oxygen atoms in total. The Kier molecular flexibility index (Phi) is 4.77. The molecule has 0 aromatic carbocycles. The molecule has 0 radical (unpaired) electrons. The molecule has 0 amide bonds. The molecule has 0 fully saturated rings. The molecule has 21 heavy (non-hydrogen) atoms. The Labute approximate surface area is 123 Å². The van der Waals surface area contributed by atoms with Crippen LogP contribution in [0.2, 0.25) is 0 Å². The van der Waals surface area contributed by atoms with Gasteiger partial charge in [-0.2, -0.15) is 5.10 Å². The van der Waals surface area contributed by atoms with Crippen molar-refractivity contribution in [2.75, 3.05) is 6.61 Å². The third-order valence-corrected chi connectivity index (χ3v) is 3.39. The summed E-state index contributed by atoms with van der Waals surface area (Å²) in [7, 11) is 0. The predicted octanol–water partition coefficient (Wildman–Crippen LogP) is 3.03. The summed E-state index contributed by atoms with van der Waals surface area (Å²) in [5.74, 6) is -0.654. The lowest BCUT2D eigenvalue weighted by atomic mass is 10.1. The van der Waals surface area contributed by atoms with Crippen molar-refractivity contribution in [1.82, 2.24) is 14.8 Å². The molecule has 0 saturated heterocycles. The smallest absolute Gasteiger partial charge is 0.341 e. The van der Waals surface area contributed by atoms with Crippen molar-refractivity contribution in [2.45, 2.75) is 46.6 Å². The molecule has 0 atom stereocenters. The van der Waals surface area contributed by atoms with E-state index in [2.05, 4.69) is 17.0 Å². The van der Waals surface area contributed by atoms with Gasteiger partial charge in [-0.05, 0) is 20.3 Å². The van der Waals surface area contributed by atoms with Gasteiger partial charge in [-0.1, -0.05) is 19.8 Å². The molecule has 0 unspecified atom stereocenters. The van der Waals surface area contributed by atoms with Crippen molar-refractivity contribution < 1.29 is 14.6 Å². The number of aromatic carboxylic acids is 1. The van der Waals surface area contributed by atoms with E-state index in [1.165, 1.54) is 0 Å². The molecule has 0 aliphatic rings. The van der Waals surface area contributed by atoms with Crippen LogP contribution >= 0.6 is 0 Å². The maximum absolute atomic E-state index is 11.4. The van der Waals surface area contributed by atoms with Crippen LogP contribution in [-0.2, 0) is 6.54 Å². The lowest BCUT2D eigenvalue weighted by Gasteiger charge is -2.11. The zero-order valence-electron chi connectivity index (χ0n) is 12.7. The van der Waals surface area contributed by atoms with Crippen molar-refractivity contribution in [3.63, 3.8) is 0 Å². The molecular weight excluding hydrogens is 270 g/mol. The van der Waals surface area contributed by atoms with Crippen molar-refractivity contribution in [3.05, 3.63) is 17.5 Å². The quantitative estimate of drug-likeness (QED) is 0.793. The molecule has 2 heterocycles. The first kappa shape index (κ1) is 15.3. The standard InChI is InChI=1S/C15H21N3O3/c1-4-6-7-8-18-14-11(9-16-18)13(21-5-2)12(15(19)20)10(3)17-14/h9H,4-8H2,1-3H3,(H,19,20). The molecule has 2 aromatic heterocycles. The molecule has 2 rings (SSSR count). The van der Waals surface area contributed by atoms with Crippen molar-refractivity contribution in [2.24, 2.45) is 0 Å². The Hall–Kier alpha value is -2.11. The van der Waals surface area contributed by atoms with E-state index in [0.717, 1.165) is 25.8 Å². The van der Waals surface area contributed by atoms with Gasteiger partial charge >= 0.3 is 5.97 Å². The summed E-state index contributed by atoms with van der Waals surface area (Å²) in [5, 5.41) is 14.4. The van der Waals surface area contributed by atoms with Gasteiger partial charge in [0.25, 0.3) is 0 Å². The summed E-state index contributed by atoms with van der Waals surface area (Å²) >= 11 is 0. The van der Waals surface area contributed by atoms with Gasteiger partial charge in [0.05, 0.1) is 23.9 Å². The number of hydrogen-bond donors (Lipinski definition) is 1. The number of carboxylic acid groups (broad SMARTS) is 1. The van der Waals surface area contributed by atoms with Gasteiger partial charge in [0.15, 0.2) is 5.65 Å². The third-order valence-electron chi connectivity index (χ3n) is 3.39. The zero-order chi connectivity index (χ0) is 15.4. The van der Waals surface area contributed by atoms with Gasteiger partial charge in [-0.3, -0.25) is 0 Å². The number of aromatic nitrogens is 3. The molecular formula is C15H21N3O3. The average Bonchev–Trinajstić information content (AvgIpc) is 2.82. The summed E-state index contributed by atoms with van der Waals surface area (Å²) in [6.45, 7) is 6.85. The van der Waals surface area contributed by atoms with E-state index in [4.69, 9.17) is 4.74 Å². The highest BCUT2D eigenvalue weighted by molar-refractivity contribution is 5.99. The highest BCUT2D eigenvalue weighted by Crippen LogP contribution is 2.31. The molecule has 0 bridgehead atoms.